The Morgan fingerprint density at radius 2 is 1.09 bits per heavy atom. The van der Waals surface area contributed by atoms with Gasteiger partial charge in [-0.3, -0.25) is 0 Å². The number of fused-ring (bicyclic) bond motifs is 2. The third kappa shape index (κ3) is 5.29. The predicted molar refractivity (Wildman–Crippen MR) is 113 cm³/mol. The highest BCUT2D eigenvalue weighted by Crippen LogP contribution is 2.31. The van der Waals surface area contributed by atoms with Crippen molar-refractivity contribution in [1.82, 2.24) is 0 Å². The van der Waals surface area contributed by atoms with Crippen LogP contribution in [0.15, 0.2) is 109 Å². The molecule has 0 saturated heterocycles. The second kappa shape index (κ2) is 9.44. The molecule has 0 aliphatic carbocycles. The summed E-state index contributed by atoms with van der Waals surface area (Å²) in [6.45, 7) is 0.851. The van der Waals surface area contributed by atoms with Crippen molar-refractivity contribution in [2.24, 2.45) is 0 Å². The van der Waals surface area contributed by atoms with E-state index < -0.39 is 10.2 Å². The molecule has 5 nitrogen and oxygen atoms in total. The summed E-state index contributed by atoms with van der Waals surface area (Å²) in [4.78, 5) is 0. The molecule has 0 radical (unpaired) electrons. The molecule has 0 saturated carbocycles. The first-order valence-corrected chi connectivity index (χ1v) is 11.2. The fourth-order valence-corrected chi connectivity index (χ4v) is 3.90. The molecule has 0 atom stereocenters. The first kappa shape index (κ1) is 21.9. The first-order chi connectivity index (χ1) is 15.4. The van der Waals surface area contributed by atoms with Gasteiger partial charge in [-0.25, -0.2) is 18.6 Å². The third-order valence-corrected chi connectivity index (χ3v) is 5.18. The quantitative estimate of drug-likeness (QED) is 0.390. The number of nitrogens with zero attached hydrogens (tertiary/aromatic N) is 1. The summed E-state index contributed by atoms with van der Waals surface area (Å²) in [6.07, 6.45) is 2.21. The molecule has 4 aromatic carbocycles. The number of hydrogen-bond donors (Lipinski definition) is 0. The summed E-state index contributed by atoms with van der Waals surface area (Å²) in [7, 11) is -4.94. The van der Waals surface area contributed by atoms with Gasteiger partial charge in [0, 0.05) is 11.6 Å². The zero-order valence-electron chi connectivity index (χ0n) is 17.1. The monoisotopic (exact) mass is 445 g/mol. The van der Waals surface area contributed by atoms with Crippen molar-refractivity contribution in [2.45, 2.75) is 6.54 Å². The number of benzene rings is 4. The van der Waals surface area contributed by atoms with Crippen molar-refractivity contribution in [3.63, 3.8) is 0 Å². The van der Waals surface area contributed by atoms with Crippen LogP contribution in [0.25, 0.3) is 32.8 Å². The van der Waals surface area contributed by atoms with Gasteiger partial charge in [-0.05, 0) is 28.3 Å². The molecule has 32 heavy (non-hydrogen) atoms. The maximum Gasteiger partial charge on any atom is 0.221 e. The Balaban J connectivity index is 0.000000444. The van der Waals surface area contributed by atoms with Gasteiger partial charge in [0.05, 0.1) is 10.9 Å². The van der Waals surface area contributed by atoms with Crippen molar-refractivity contribution < 1.29 is 33.4 Å². The van der Waals surface area contributed by atoms with Gasteiger partial charge < -0.3 is 0 Å². The molecule has 0 aliphatic heterocycles. The molecular weight excluding hydrogens is 426 g/mol. The highest BCUT2D eigenvalue weighted by Gasteiger charge is 2.19. The van der Waals surface area contributed by atoms with Crippen molar-refractivity contribution >= 4 is 21.5 Å². The highest BCUT2D eigenvalue weighted by molar-refractivity contribution is 6.02. The molecular formula is C26H20ClNO4. The van der Waals surface area contributed by atoms with E-state index in [1.807, 2.05) is 0 Å². The van der Waals surface area contributed by atoms with Crippen molar-refractivity contribution in [3.8, 4) is 11.3 Å². The summed E-state index contributed by atoms with van der Waals surface area (Å²) in [5, 5.41) is 5.12. The maximum absolute atomic E-state index is 8.49. The van der Waals surface area contributed by atoms with E-state index >= 15 is 0 Å². The van der Waals surface area contributed by atoms with E-state index in [0.717, 1.165) is 6.54 Å². The molecule has 1 heterocycles. The molecule has 0 spiro atoms. The van der Waals surface area contributed by atoms with Crippen LogP contribution in [0.1, 0.15) is 5.56 Å². The smallest absolute Gasteiger partial charge is 0.221 e. The topological polar surface area (TPSA) is 96.1 Å². The number of pyridine rings is 1. The van der Waals surface area contributed by atoms with Gasteiger partial charge in [-0.1, -0.05) is 84.9 Å². The Hall–Kier alpha value is -3.32. The standard InChI is InChI=1S/C26H20N.ClHO4/c1-2-9-20(10-3-1)19-27-18-17-22-12-5-7-15-24(22)26(27)25-16-8-13-21-11-4-6-14-23(21)25;2-1(3,4)5/h1-18H,19H2;(H,2,3,4,5)/q+1;/p-1. The molecule has 0 unspecified atom stereocenters. The molecule has 1 aromatic heterocycles. The molecule has 5 rings (SSSR count). The number of halogens is 1. The van der Waals surface area contributed by atoms with E-state index in [-0.39, 0.29) is 0 Å². The van der Waals surface area contributed by atoms with Crippen LogP contribution in [0.5, 0.6) is 0 Å². The van der Waals surface area contributed by atoms with Gasteiger partial charge in [-0.2, -0.15) is 4.57 Å². The van der Waals surface area contributed by atoms with Gasteiger partial charge in [0.2, 0.25) is 5.69 Å². The van der Waals surface area contributed by atoms with Crippen LogP contribution in [0.3, 0.4) is 0 Å². The lowest BCUT2D eigenvalue weighted by Crippen LogP contribution is -2.68. The van der Waals surface area contributed by atoms with E-state index in [1.54, 1.807) is 0 Å². The van der Waals surface area contributed by atoms with Gasteiger partial charge >= 0.3 is 0 Å². The van der Waals surface area contributed by atoms with E-state index in [2.05, 4.69) is 114 Å². The number of aromatic nitrogens is 1. The fourth-order valence-electron chi connectivity index (χ4n) is 3.90. The zero-order valence-corrected chi connectivity index (χ0v) is 17.8. The average Bonchev–Trinajstić information content (AvgIpc) is 2.78. The van der Waals surface area contributed by atoms with E-state index in [4.69, 9.17) is 18.6 Å². The molecule has 0 N–H and O–H groups in total. The van der Waals surface area contributed by atoms with Gasteiger partial charge in [0.1, 0.15) is 0 Å². The van der Waals surface area contributed by atoms with Crippen molar-refractivity contribution in [1.29, 1.82) is 0 Å². The number of rotatable bonds is 3. The molecule has 5 aromatic rings. The van der Waals surface area contributed by atoms with Crippen LogP contribution in [-0.4, -0.2) is 0 Å². The van der Waals surface area contributed by atoms with Crippen LogP contribution in [-0.2, 0) is 6.54 Å². The summed E-state index contributed by atoms with van der Waals surface area (Å²) >= 11 is 0. The Bertz CT molecular complexity index is 1340. The van der Waals surface area contributed by atoms with Crippen molar-refractivity contribution in [3.05, 3.63) is 115 Å². The SMILES string of the molecule is [O-][Cl+3]([O-])([O-])[O-].c1ccc(C[n+]2ccc3ccccc3c2-c2cccc3ccccc23)cc1. The second-order valence-electron chi connectivity index (χ2n) is 7.27. The largest absolute Gasteiger partial charge is 0.222 e. The first-order valence-electron chi connectivity index (χ1n) is 9.95. The molecule has 6 heteroatoms. The molecule has 160 valence electrons. The maximum atomic E-state index is 8.49. The third-order valence-electron chi connectivity index (χ3n) is 5.18. The lowest BCUT2D eigenvalue weighted by atomic mass is 9.97. The van der Waals surface area contributed by atoms with Crippen LogP contribution in [0.4, 0.5) is 0 Å². The Morgan fingerprint density at radius 1 is 0.562 bits per heavy atom. The van der Waals surface area contributed by atoms with Crippen LogP contribution in [0.2, 0.25) is 0 Å². The van der Waals surface area contributed by atoms with Gasteiger partial charge in [-0.15, -0.1) is 10.2 Å². The van der Waals surface area contributed by atoms with Crippen LogP contribution >= 0.6 is 0 Å². The second-order valence-corrected chi connectivity index (χ2v) is 8.03. The molecule has 0 aliphatic rings. The Morgan fingerprint density at radius 3 is 1.78 bits per heavy atom. The van der Waals surface area contributed by atoms with Gasteiger partial charge in [0.25, 0.3) is 0 Å². The minimum atomic E-state index is -4.94. The average molecular weight is 446 g/mol. The Kier molecular flexibility index (Phi) is 6.46. The zero-order chi connectivity index (χ0) is 22.6. The molecule has 0 amide bonds. The molecule has 0 fully saturated rings. The summed E-state index contributed by atoms with van der Waals surface area (Å²) in [5.74, 6) is 0. The summed E-state index contributed by atoms with van der Waals surface area (Å²) in [5.41, 5.74) is 3.86. The van der Waals surface area contributed by atoms with Crippen LogP contribution < -0.4 is 23.2 Å². The van der Waals surface area contributed by atoms with E-state index in [1.165, 1.54) is 38.4 Å². The van der Waals surface area contributed by atoms with E-state index in [0.29, 0.717) is 0 Å². The minimum Gasteiger partial charge on any atom is -0.222 e. The summed E-state index contributed by atoms with van der Waals surface area (Å²) < 4.78 is 36.3. The van der Waals surface area contributed by atoms with E-state index in [9.17, 15) is 0 Å². The minimum absolute atomic E-state index is 0.851. The lowest BCUT2D eigenvalue weighted by molar-refractivity contribution is -2.00. The number of hydrogen-bond acceptors (Lipinski definition) is 4. The fraction of sp³-hybridized carbons (Fsp3) is 0.0385. The summed E-state index contributed by atoms with van der Waals surface area (Å²) in [6, 6.07) is 36.8. The molecule has 0 bridgehead atoms. The van der Waals surface area contributed by atoms with Gasteiger partial charge in [0.15, 0.2) is 12.7 Å². The Labute approximate surface area is 187 Å². The van der Waals surface area contributed by atoms with Crippen LogP contribution in [0, 0.1) is 10.2 Å². The normalized spacial score (nSPS) is 11.2. The predicted octanol–water partition coefficient (Wildman–Crippen LogP) is 1.24. The van der Waals surface area contributed by atoms with Crippen molar-refractivity contribution in [2.75, 3.05) is 0 Å². The highest BCUT2D eigenvalue weighted by atomic mass is 35.7. The lowest BCUT2D eigenvalue weighted by Gasteiger charge is -2.17.